The Labute approximate surface area is 156 Å². The summed E-state index contributed by atoms with van der Waals surface area (Å²) in [7, 11) is 1.54. The summed E-state index contributed by atoms with van der Waals surface area (Å²) in [5.41, 5.74) is 3.35. The van der Waals surface area contributed by atoms with Gasteiger partial charge in [-0.3, -0.25) is 4.79 Å². The van der Waals surface area contributed by atoms with E-state index in [2.05, 4.69) is 33.1 Å². The average Bonchev–Trinajstić information content (AvgIpc) is 2.52. The first kappa shape index (κ1) is 17.8. The number of ether oxygens (including phenoxy) is 1. The molecule has 2 aromatic rings. The summed E-state index contributed by atoms with van der Waals surface area (Å²) in [6.45, 7) is 0. The van der Waals surface area contributed by atoms with Crippen LogP contribution in [0.4, 0.5) is 0 Å². The van der Waals surface area contributed by atoms with Crippen LogP contribution < -0.4 is 10.2 Å². The molecule has 0 heterocycles. The van der Waals surface area contributed by atoms with E-state index in [1.54, 1.807) is 18.2 Å². The van der Waals surface area contributed by atoms with Crippen LogP contribution in [-0.4, -0.2) is 24.3 Å². The van der Waals surface area contributed by atoms with Crippen molar-refractivity contribution < 1.29 is 14.6 Å². The van der Waals surface area contributed by atoms with Crippen LogP contribution in [-0.2, 0) is 0 Å². The maximum absolute atomic E-state index is 12.0. The number of phenolic OH excluding ortho intramolecular Hbond substituents is 1. The molecular weight excluding hydrogens is 454 g/mol. The molecule has 0 atom stereocenters. The van der Waals surface area contributed by atoms with Gasteiger partial charge in [-0.25, -0.2) is 5.43 Å². The number of phenols is 1. The third kappa shape index (κ3) is 4.49. The molecular formula is C15H11Cl2IN2O3. The lowest BCUT2D eigenvalue weighted by atomic mass is 10.2. The van der Waals surface area contributed by atoms with Gasteiger partial charge in [0.15, 0.2) is 5.75 Å². The van der Waals surface area contributed by atoms with Crippen molar-refractivity contribution in [3.8, 4) is 11.5 Å². The van der Waals surface area contributed by atoms with E-state index >= 15 is 0 Å². The van der Waals surface area contributed by atoms with Crippen molar-refractivity contribution in [2.45, 2.75) is 0 Å². The topological polar surface area (TPSA) is 70.9 Å². The number of nitrogens with one attached hydrogen (secondary N) is 1. The van der Waals surface area contributed by atoms with Crippen molar-refractivity contribution in [2.24, 2.45) is 5.10 Å². The molecule has 5 nitrogen and oxygen atoms in total. The Hall–Kier alpha value is -1.51. The first-order valence-electron chi connectivity index (χ1n) is 6.27. The quantitative estimate of drug-likeness (QED) is 0.407. The van der Waals surface area contributed by atoms with E-state index in [0.717, 1.165) is 3.57 Å². The Bertz CT molecular complexity index is 758. The summed E-state index contributed by atoms with van der Waals surface area (Å²) in [4.78, 5) is 12.0. The second-order valence-corrected chi connectivity index (χ2v) is 6.36. The second-order valence-electron chi connectivity index (χ2n) is 4.38. The van der Waals surface area contributed by atoms with Crippen LogP contribution in [0.1, 0.15) is 15.9 Å². The number of carbonyl (C=O) groups is 1. The Morgan fingerprint density at radius 1 is 1.30 bits per heavy atom. The standard InChI is InChI=1S/C15H11Cl2IN2O3/c1-23-13-6-9(2-3-12(13)18)15(22)20-19-7-8-4-10(16)14(21)11(17)5-8/h2-7,21H,1H3,(H,20,22)/b19-7+. The molecule has 23 heavy (non-hydrogen) atoms. The van der Waals surface area contributed by atoms with E-state index in [4.69, 9.17) is 27.9 Å². The molecule has 0 bridgehead atoms. The molecule has 0 aromatic heterocycles. The third-order valence-corrected chi connectivity index (χ3v) is 4.30. The summed E-state index contributed by atoms with van der Waals surface area (Å²) in [5.74, 6) is 0.0340. The molecule has 0 aliphatic heterocycles. The highest BCUT2D eigenvalue weighted by Gasteiger charge is 2.09. The summed E-state index contributed by atoms with van der Waals surface area (Å²) >= 11 is 13.7. The van der Waals surface area contributed by atoms with Crippen molar-refractivity contribution in [1.29, 1.82) is 0 Å². The van der Waals surface area contributed by atoms with Crippen LogP contribution in [0.25, 0.3) is 0 Å². The molecule has 0 aliphatic rings. The van der Waals surface area contributed by atoms with Gasteiger partial charge in [0.1, 0.15) is 5.75 Å². The molecule has 2 rings (SSSR count). The molecule has 1 amide bonds. The largest absolute Gasteiger partial charge is 0.505 e. The van der Waals surface area contributed by atoms with E-state index in [9.17, 15) is 9.90 Å². The maximum atomic E-state index is 12.0. The van der Waals surface area contributed by atoms with Gasteiger partial charge >= 0.3 is 0 Å². The van der Waals surface area contributed by atoms with Crippen molar-refractivity contribution in [2.75, 3.05) is 7.11 Å². The minimum atomic E-state index is -0.382. The molecule has 2 aromatic carbocycles. The van der Waals surface area contributed by atoms with Crippen molar-refractivity contribution in [3.05, 3.63) is 55.1 Å². The molecule has 0 spiro atoms. The van der Waals surface area contributed by atoms with Gasteiger partial charge in [0.25, 0.3) is 5.91 Å². The second kappa shape index (κ2) is 7.85. The fraction of sp³-hybridized carbons (Fsp3) is 0.0667. The van der Waals surface area contributed by atoms with Gasteiger partial charge in [0.2, 0.25) is 0 Å². The lowest BCUT2D eigenvalue weighted by molar-refractivity contribution is 0.0954. The van der Waals surface area contributed by atoms with Gasteiger partial charge in [0.05, 0.1) is 26.9 Å². The Balaban J connectivity index is 2.10. The zero-order valence-corrected chi connectivity index (χ0v) is 15.5. The molecule has 0 saturated heterocycles. The van der Waals surface area contributed by atoms with E-state index in [0.29, 0.717) is 16.9 Å². The monoisotopic (exact) mass is 464 g/mol. The number of nitrogens with zero attached hydrogens (tertiary/aromatic N) is 1. The molecule has 8 heteroatoms. The van der Waals surface area contributed by atoms with Gasteiger partial charge in [-0.1, -0.05) is 23.2 Å². The molecule has 2 N–H and O–H groups in total. The molecule has 0 unspecified atom stereocenters. The number of hydrogen-bond donors (Lipinski definition) is 2. The summed E-state index contributed by atoms with van der Waals surface area (Å²) in [5, 5.41) is 13.5. The zero-order valence-electron chi connectivity index (χ0n) is 11.8. The summed E-state index contributed by atoms with van der Waals surface area (Å²) in [6.07, 6.45) is 1.37. The zero-order chi connectivity index (χ0) is 17.0. The number of aromatic hydroxyl groups is 1. The summed E-state index contributed by atoms with van der Waals surface area (Å²) in [6, 6.07) is 8.03. The Morgan fingerprint density at radius 2 is 1.96 bits per heavy atom. The van der Waals surface area contributed by atoms with Crippen LogP contribution in [0, 0.1) is 3.57 Å². The number of carbonyl (C=O) groups excluding carboxylic acids is 1. The van der Waals surface area contributed by atoms with E-state index in [-0.39, 0.29) is 21.7 Å². The Kier molecular flexibility index (Phi) is 6.09. The van der Waals surface area contributed by atoms with Gasteiger partial charge in [0, 0.05) is 5.56 Å². The van der Waals surface area contributed by atoms with E-state index in [1.165, 1.54) is 25.5 Å². The molecule has 0 radical (unpaired) electrons. The van der Waals surface area contributed by atoms with Crippen LogP contribution in [0.15, 0.2) is 35.4 Å². The number of amides is 1. The molecule has 120 valence electrons. The fourth-order valence-electron chi connectivity index (χ4n) is 1.69. The van der Waals surface area contributed by atoms with Gasteiger partial charge in [-0.05, 0) is 58.5 Å². The lowest BCUT2D eigenvalue weighted by Crippen LogP contribution is -2.17. The predicted molar refractivity (Wildman–Crippen MR) is 98.9 cm³/mol. The van der Waals surface area contributed by atoms with E-state index < -0.39 is 0 Å². The number of halogens is 3. The predicted octanol–water partition coefficient (Wildman–Crippen LogP) is 4.08. The number of methoxy groups -OCH3 is 1. The van der Waals surface area contributed by atoms with Crippen LogP contribution in [0.3, 0.4) is 0 Å². The van der Waals surface area contributed by atoms with Gasteiger partial charge in [-0.15, -0.1) is 0 Å². The first-order valence-corrected chi connectivity index (χ1v) is 8.10. The third-order valence-electron chi connectivity index (χ3n) is 2.83. The minimum absolute atomic E-state index is 0.104. The highest BCUT2D eigenvalue weighted by atomic mass is 127. The molecule has 0 fully saturated rings. The average molecular weight is 465 g/mol. The van der Waals surface area contributed by atoms with Crippen molar-refractivity contribution in [1.82, 2.24) is 5.43 Å². The number of rotatable bonds is 4. The maximum Gasteiger partial charge on any atom is 0.271 e. The van der Waals surface area contributed by atoms with Crippen LogP contribution in [0.5, 0.6) is 11.5 Å². The molecule has 0 saturated carbocycles. The fourth-order valence-corrected chi connectivity index (χ4v) is 2.75. The number of benzene rings is 2. The van der Waals surface area contributed by atoms with Crippen LogP contribution in [0.2, 0.25) is 10.0 Å². The number of hydrogen-bond acceptors (Lipinski definition) is 4. The first-order chi connectivity index (χ1) is 10.9. The highest BCUT2D eigenvalue weighted by molar-refractivity contribution is 14.1. The lowest BCUT2D eigenvalue weighted by Gasteiger charge is -2.05. The highest BCUT2D eigenvalue weighted by Crippen LogP contribution is 2.32. The summed E-state index contributed by atoms with van der Waals surface area (Å²) < 4.78 is 6.07. The normalized spacial score (nSPS) is 10.8. The van der Waals surface area contributed by atoms with Crippen molar-refractivity contribution in [3.63, 3.8) is 0 Å². The van der Waals surface area contributed by atoms with Gasteiger partial charge < -0.3 is 9.84 Å². The smallest absolute Gasteiger partial charge is 0.271 e. The van der Waals surface area contributed by atoms with Crippen LogP contribution >= 0.6 is 45.8 Å². The molecule has 0 aliphatic carbocycles. The van der Waals surface area contributed by atoms with Gasteiger partial charge in [-0.2, -0.15) is 5.10 Å². The SMILES string of the molecule is COc1cc(C(=O)N/N=C/c2cc(Cl)c(O)c(Cl)c2)ccc1I. The Morgan fingerprint density at radius 3 is 2.57 bits per heavy atom. The minimum Gasteiger partial charge on any atom is -0.505 e. The number of hydrazone groups is 1. The van der Waals surface area contributed by atoms with Crippen molar-refractivity contribution >= 4 is 57.9 Å². The van der Waals surface area contributed by atoms with E-state index in [1.807, 2.05) is 0 Å².